The van der Waals surface area contributed by atoms with Crippen molar-refractivity contribution in [3.8, 4) is 6.07 Å². The lowest BCUT2D eigenvalue weighted by Crippen LogP contribution is -2.17. The lowest BCUT2D eigenvalue weighted by Gasteiger charge is -2.31. The van der Waals surface area contributed by atoms with E-state index < -0.39 is 5.83 Å². The van der Waals surface area contributed by atoms with Crippen molar-refractivity contribution < 1.29 is 4.39 Å². The maximum Gasteiger partial charge on any atom is 0.196 e. The van der Waals surface area contributed by atoms with E-state index in [9.17, 15) is 4.39 Å². The van der Waals surface area contributed by atoms with Crippen molar-refractivity contribution in [2.75, 3.05) is 0 Å². The molecule has 0 N–H and O–H groups in total. The van der Waals surface area contributed by atoms with Crippen LogP contribution >= 0.6 is 0 Å². The maximum absolute atomic E-state index is 13.0. The summed E-state index contributed by atoms with van der Waals surface area (Å²) in [6.45, 7) is 2.33. The highest BCUT2D eigenvalue weighted by molar-refractivity contribution is 5.13. The molecule has 0 amide bonds. The first kappa shape index (κ1) is 16.5. The molecular formula is C19H30FN. The van der Waals surface area contributed by atoms with Crippen LogP contribution in [0.1, 0.15) is 77.6 Å². The average Bonchev–Trinajstić information content (AvgIpc) is 2.54. The van der Waals surface area contributed by atoms with Gasteiger partial charge in [-0.3, -0.25) is 0 Å². The summed E-state index contributed by atoms with van der Waals surface area (Å²) in [5, 5.41) is 8.49. The van der Waals surface area contributed by atoms with Gasteiger partial charge in [0.2, 0.25) is 0 Å². The Hall–Kier alpha value is -0.840. The Morgan fingerprint density at radius 3 is 1.90 bits per heavy atom. The Bertz CT molecular complexity index is 366. The van der Waals surface area contributed by atoms with Crippen LogP contribution in [0.15, 0.2) is 11.9 Å². The van der Waals surface area contributed by atoms with Gasteiger partial charge in [-0.05, 0) is 55.4 Å². The van der Waals surface area contributed by atoms with Crippen LogP contribution in [-0.2, 0) is 0 Å². The Labute approximate surface area is 129 Å². The third kappa shape index (κ3) is 5.46. The fraction of sp³-hybridized carbons (Fsp3) is 0.842. The summed E-state index contributed by atoms with van der Waals surface area (Å²) < 4.78 is 13.0. The van der Waals surface area contributed by atoms with Gasteiger partial charge >= 0.3 is 0 Å². The van der Waals surface area contributed by atoms with E-state index in [-0.39, 0.29) is 0 Å². The van der Waals surface area contributed by atoms with Crippen molar-refractivity contribution >= 4 is 0 Å². The van der Waals surface area contributed by atoms with Gasteiger partial charge in [0.25, 0.3) is 0 Å². The largest absolute Gasteiger partial charge is 0.196 e. The quantitative estimate of drug-likeness (QED) is 0.556. The Morgan fingerprint density at radius 2 is 1.43 bits per heavy atom. The molecule has 0 aromatic heterocycles. The molecule has 118 valence electrons. The third-order valence-electron chi connectivity index (χ3n) is 5.91. The molecule has 0 heterocycles. The van der Waals surface area contributed by atoms with Gasteiger partial charge in [-0.2, -0.15) is 9.65 Å². The van der Waals surface area contributed by atoms with E-state index in [0.717, 1.165) is 30.6 Å². The molecular weight excluding hydrogens is 261 g/mol. The van der Waals surface area contributed by atoms with Crippen LogP contribution in [0.2, 0.25) is 0 Å². The van der Waals surface area contributed by atoms with E-state index in [1.807, 2.05) is 0 Å². The van der Waals surface area contributed by atoms with Crippen molar-refractivity contribution in [1.82, 2.24) is 0 Å². The third-order valence-corrected chi connectivity index (χ3v) is 5.91. The zero-order valence-corrected chi connectivity index (χ0v) is 13.5. The molecule has 2 aliphatic carbocycles. The molecule has 1 nitrogen and oxygen atoms in total. The molecule has 2 rings (SSSR count). The Kier molecular flexibility index (Phi) is 6.74. The number of hydrogen-bond donors (Lipinski definition) is 0. The van der Waals surface area contributed by atoms with Gasteiger partial charge in [0.1, 0.15) is 6.07 Å². The second-order valence-corrected chi connectivity index (χ2v) is 7.28. The molecule has 0 aliphatic heterocycles. The van der Waals surface area contributed by atoms with Gasteiger partial charge in [-0.15, -0.1) is 0 Å². The summed E-state index contributed by atoms with van der Waals surface area (Å²) in [6, 6.07) is 1.59. The minimum Gasteiger partial charge on any atom is -0.195 e. The van der Waals surface area contributed by atoms with Crippen molar-refractivity contribution in [1.29, 1.82) is 5.26 Å². The molecule has 0 aromatic rings. The molecule has 0 atom stereocenters. The second kappa shape index (κ2) is 8.57. The van der Waals surface area contributed by atoms with Gasteiger partial charge in [-0.1, -0.05) is 51.9 Å². The SMILES string of the molecule is CC[C@H]1CC[C@H](CC[C@H]2CC[C@H](/C=C(/F)C#N)CC2)CC1. The predicted octanol–water partition coefficient (Wildman–Crippen LogP) is 6.17. The topological polar surface area (TPSA) is 23.8 Å². The first-order chi connectivity index (χ1) is 10.2. The monoisotopic (exact) mass is 291 g/mol. The van der Waals surface area contributed by atoms with E-state index in [2.05, 4.69) is 6.92 Å². The summed E-state index contributed by atoms with van der Waals surface area (Å²) in [6.07, 6.45) is 16.1. The highest BCUT2D eigenvalue weighted by Gasteiger charge is 2.23. The summed E-state index contributed by atoms with van der Waals surface area (Å²) in [5.41, 5.74) is 0. The fourth-order valence-electron chi connectivity index (χ4n) is 4.29. The highest BCUT2D eigenvalue weighted by Crippen LogP contribution is 2.37. The number of rotatable bonds is 5. The van der Waals surface area contributed by atoms with Crippen molar-refractivity contribution in [3.63, 3.8) is 0 Å². The van der Waals surface area contributed by atoms with Gasteiger partial charge in [-0.25, -0.2) is 0 Å². The summed E-state index contributed by atoms with van der Waals surface area (Å²) >= 11 is 0. The minimum atomic E-state index is -0.592. The second-order valence-electron chi connectivity index (χ2n) is 7.28. The van der Waals surface area contributed by atoms with E-state index >= 15 is 0 Å². The van der Waals surface area contributed by atoms with Gasteiger partial charge in [0.05, 0.1) is 0 Å². The molecule has 0 radical (unpaired) electrons. The van der Waals surface area contributed by atoms with Crippen molar-refractivity contribution in [2.45, 2.75) is 77.6 Å². The minimum absolute atomic E-state index is 0.306. The predicted molar refractivity (Wildman–Crippen MR) is 85.2 cm³/mol. The molecule has 21 heavy (non-hydrogen) atoms. The molecule has 2 fully saturated rings. The van der Waals surface area contributed by atoms with Crippen LogP contribution in [0.25, 0.3) is 0 Å². The fourth-order valence-corrected chi connectivity index (χ4v) is 4.29. The first-order valence-corrected chi connectivity index (χ1v) is 8.98. The molecule has 0 spiro atoms. The van der Waals surface area contributed by atoms with Gasteiger partial charge in [0, 0.05) is 0 Å². The van der Waals surface area contributed by atoms with Crippen LogP contribution in [0.4, 0.5) is 4.39 Å². The number of allylic oxidation sites excluding steroid dienone is 2. The maximum atomic E-state index is 13.0. The Balaban J connectivity index is 1.62. The molecule has 2 aliphatic rings. The Morgan fingerprint density at radius 1 is 0.952 bits per heavy atom. The van der Waals surface area contributed by atoms with Gasteiger partial charge in [0.15, 0.2) is 5.83 Å². The number of halogens is 1. The molecule has 0 unspecified atom stereocenters. The average molecular weight is 291 g/mol. The number of hydrogen-bond acceptors (Lipinski definition) is 1. The van der Waals surface area contributed by atoms with Crippen LogP contribution < -0.4 is 0 Å². The molecule has 0 saturated heterocycles. The van der Waals surface area contributed by atoms with Crippen molar-refractivity contribution in [2.24, 2.45) is 23.7 Å². The van der Waals surface area contributed by atoms with Crippen LogP contribution in [0.5, 0.6) is 0 Å². The normalized spacial score (nSPS) is 34.4. The summed E-state index contributed by atoms with van der Waals surface area (Å²) in [7, 11) is 0. The van der Waals surface area contributed by atoms with Gasteiger partial charge < -0.3 is 0 Å². The molecule has 2 saturated carbocycles. The van der Waals surface area contributed by atoms with E-state index in [1.165, 1.54) is 57.8 Å². The summed E-state index contributed by atoms with van der Waals surface area (Å²) in [5.74, 6) is 2.54. The summed E-state index contributed by atoms with van der Waals surface area (Å²) in [4.78, 5) is 0. The molecule has 0 bridgehead atoms. The van der Waals surface area contributed by atoms with Crippen molar-refractivity contribution in [3.05, 3.63) is 11.9 Å². The number of nitriles is 1. The first-order valence-electron chi connectivity index (χ1n) is 8.98. The molecule has 2 heteroatoms. The van der Waals surface area contributed by atoms with E-state index in [0.29, 0.717) is 5.92 Å². The van der Waals surface area contributed by atoms with E-state index in [4.69, 9.17) is 5.26 Å². The molecule has 0 aromatic carbocycles. The van der Waals surface area contributed by atoms with Crippen LogP contribution in [0.3, 0.4) is 0 Å². The lowest BCUT2D eigenvalue weighted by atomic mass is 9.75. The van der Waals surface area contributed by atoms with Crippen LogP contribution in [-0.4, -0.2) is 0 Å². The standard InChI is InChI=1S/C19H30FN/c1-2-15-3-5-16(6-4-15)7-8-17-9-11-18(12-10-17)13-19(20)14-21/h13,15-18H,2-12H2,1H3/b19-13+/t15-,16-,17-,18-. The van der Waals surface area contributed by atoms with Crippen LogP contribution in [0, 0.1) is 35.0 Å². The zero-order chi connectivity index (χ0) is 15.1. The lowest BCUT2D eigenvalue weighted by molar-refractivity contribution is 0.224. The highest BCUT2D eigenvalue weighted by atomic mass is 19.1. The zero-order valence-electron chi connectivity index (χ0n) is 13.5. The number of nitrogens with zero attached hydrogens (tertiary/aromatic N) is 1. The van der Waals surface area contributed by atoms with E-state index in [1.54, 1.807) is 12.1 Å². The smallest absolute Gasteiger partial charge is 0.195 e.